The minimum absolute atomic E-state index is 0.0491. The average Bonchev–Trinajstić information content (AvgIpc) is 3.27. The lowest BCUT2D eigenvalue weighted by Gasteiger charge is -2.15. The second kappa shape index (κ2) is 10.0. The fourth-order valence-electron chi connectivity index (χ4n) is 3.95. The fourth-order valence-corrected chi connectivity index (χ4v) is 3.95. The molecule has 4 aromatic rings. The molecule has 0 spiro atoms. The maximum absolute atomic E-state index is 13.3. The number of rotatable bonds is 8. The van der Waals surface area contributed by atoms with E-state index in [1.54, 1.807) is 29.1 Å². The molecule has 4 rings (SSSR count). The van der Waals surface area contributed by atoms with Gasteiger partial charge in [-0.3, -0.25) is 9.59 Å². The molecule has 2 amide bonds. The molecule has 0 bridgehead atoms. The third-order valence-electron chi connectivity index (χ3n) is 5.95. The molecule has 1 atom stereocenters. The molecule has 180 valence electrons. The van der Waals surface area contributed by atoms with Crippen LogP contribution >= 0.6 is 0 Å². The first-order valence-corrected chi connectivity index (χ1v) is 11.5. The number of nitrogens with two attached hydrogens (primary N) is 1. The molecule has 0 aliphatic carbocycles. The first kappa shape index (κ1) is 24.1. The number of pyridine rings is 1. The smallest absolute Gasteiger partial charge is 0.252 e. The highest BCUT2D eigenvalue weighted by molar-refractivity contribution is 6.06. The highest BCUT2D eigenvalue weighted by Crippen LogP contribution is 2.26. The SMILES string of the molecule is Cc1ccc(-c2cc(C(=O)NCC(Cc3ccc(F)cc3)C(N)=O)c3cnn(C(C)C)c3n2)cc1. The van der Waals surface area contributed by atoms with Crippen LogP contribution in [0.1, 0.15) is 41.4 Å². The Hall–Kier alpha value is -4.07. The number of benzene rings is 2. The number of amides is 2. The van der Waals surface area contributed by atoms with Gasteiger partial charge in [0.25, 0.3) is 5.91 Å². The van der Waals surface area contributed by atoms with Crippen LogP contribution in [0.5, 0.6) is 0 Å². The molecule has 2 aromatic heterocycles. The molecule has 8 heteroatoms. The third-order valence-corrected chi connectivity index (χ3v) is 5.95. The molecule has 0 fully saturated rings. The summed E-state index contributed by atoms with van der Waals surface area (Å²) in [7, 11) is 0. The van der Waals surface area contributed by atoms with Gasteiger partial charge >= 0.3 is 0 Å². The molecule has 0 aliphatic rings. The number of nitrogens with one attached hydrogen (secondary N) is 1. The number of halogens is 1. The lowest BCUT2D eigenvalue weighted by molar-refractivity contribution is -0.121. The number of hydrogen-bond acceptors (Lipinski definition) is 4. The zero-order chi connectivity index (χ0) is 25.1. The molecule has 35 heavy (non-hydrogen) atoms. The molecule has 0 aliphatic heterocycles. The molecule has 0 radical (unpaired) electrons. The van der Waals surface area contributed by atoms with E-state index in [1.807, 2.05) is 45.0 Å². The second-order valence-electron chi connectivity index (χ2n) is 8.98. The van der Waals surface area contributed by atoms with E-state index >= 15 is 0 Å². The van der Waals surface area contributed by atoms with Crippen LogP contribution in [-0.2, 0) is 11.2 Å². The van der Waals surface area contributed by atoms with Crippen molar-refractivity contribution in [1.82, 2.24) is 20.1 Å². The summed E-state index contributed by atoms with van der Waals surface area (Å²) in [5, 5.41) is 7.92. The summed E-state index contributed by atoms with van der Waals surface area (Å²) in [6.07, 6.45) is 1.93. The number of carbonyl (C=O) groups is 2. The minimum Gasteiger partial charge on any atom is -0.369 e. The average molecular weight is 474 g/mol. The predicted octanol–water partition coefficient (Wildman–Crippen LogP) is 4.20. The number of carbonyl (C=O) groups excluding carboxylic acids is 2. The van der Waals surface area contributed by atoms with Gasteiger partial charge in [-0.1, -0.05) is 42.0 Å². The second-order valence-corrected chi connectivity index (χ2v) is 8.98. The van der Waals surface area contributed by atoms with Crippen molar-refractivity contribution in [2.75, 3.05) is 6.54 Å². The zero-order valence-electron chi connectivity index (χ0n) is 20.0. The van der Waals surface area contributed by atoms with Crippen molar-refractivity contribution < 1.29 is 14.0 Å². The van der Waals surface area contributed by atoms with Crippen LogP contribution in [0.15, 0.2) is 60.8 Å². The van der Waals surface area contributed by atoms with Crippen LogP contribution in [0.2, 0.25) is 0 Å². The lowest BCUT2D eigenvalue weighted by Crippen LogP contribution is -2.37. The van der Waals surface area contributed by atoms with Crippen molar-refractivity contribution in [2.45, 2.75) is 33.2 Å². The normalized spacial score (nSPS) is 12.1. The van der Waals surface area contributed by atoms with Crippen LogP contribution in [0.4, 0.5) is 4.39 Å². The summed E-state index contributed by atoms with van der Waals surface area (Å²) < 4.78 is 15.0. The highest BCUT2D eigenvalue weighted by Gasteiger charge is 2.21. The minimum atomic E-state index is -0.642. The molecule has 0 saturated heterocycles. The molecule has 7 nitrogen and oxygen atoms in total. The Bertz CT molecular complexity index is 1360. The van der Waals surface area contributed by atoms with Crippen LogP contribution in [0.3, 0.4) is 0 Å². The van der Waals surface area contributed by atoms with Crippen molar-refractivity contribution in [3.05, 3.63) is 83.3 Å². The summed E-state index contributed by atoms with van der Waals surface area (Å²) in [4.78, 5) is 30.2. The molecule has 2 heterocycles. The summed E-state index contributed by atoms with van der Waals surface area (Å²) in [6, 6.07) is 15.6. The third kappa shape index (κ3) is 5.37. The molecule has 0 saturated carbocycles. The van der Waals surface area contributed by atoms with E-state index in [-0.39, 0.29) is 24.3 Å². The van der Waals surface area contributed by atoms with Gasteiger partial charge in [-0.25, -0.2) is 14.1 Å². The van der Waals surface area contributed by atoms with Crippen LogP contribution < -0.4 is 11.1 Å². The molecular formula is C27H28FN5O2. The Kier molecular flexibility index (Phi) is 6.91. The standard InChI is InChI=1S/C27H28FN5O2/c1-16(2)33-26-23(15-31-33)22(13-24(32-26)19-8-4-17(3)5-9-19)27(35)30-14-20(25(29)34)12-18-6-10-21(28)11-7-18/h4-11,13,15-16,20H,12,14H2,1-3H3,(H2,29,34)(H,30,35). The van der Waals surface area contributed by atoms with E-state index in [2.05, 4.69) is 10.4 Å². The van der Waals surface area contributed by atoms with Crippen LogP contribution in [0, 0.1) is 18.7 Å². The maximum Gasteiger partial charge on any atom is 0.252 e. The molecule has 1 unspecified atom stereocenters. The Labute approximate surface area is 203 Å². The van der Waals surface area contributed by atoms with Crippen molar-refractivity contribution in [3.8, 4) is 11.3 Å². The lowest BCUT2D eigenvalue weighted by atomic mass is 9.98. The number of aryl methyl sites for hydroxylation is 1. The monoisotopic (exact) mass is 473 g/mol. The van der Waals surface area contributed by atoms with Gasteiger partial charge in [0.2, 0.25) is 5.91 Å². The van der Waals surface area contributed by atoms with Gasteiger partial charge in [-0.05, 0) is 51.0 Å². The Morgan fingerprint density at radius 2 is 1.77 bits per heavy atom. The molecule has 2 aromatic carbocycles. The van der Waals surface area contributed by atoms with Gasteiger partial charge in [0.1, 0.15) is 5.82 Å². The van der Waals surface area contributed by atoms with Gasteiger partial charge in [0, 0.05) is 18.2 Å². The quantitative estimate of drug-likeness (QED) is 0.400. The van der Waals surface area contributed by atoms with Gasteiger partial charge in [-0.2, -0.15) is 5.10 Å². The Balaban J connectivity index is 1.64. The largest absolute Gasteiger partial charge is 0.369 e. The summed E-state index contributed by atoms with van der Waals surface area (Å²) in [6.45, 7) is 6.06. The van der Waals surface area contributed by atoms with E-state index in [0.717, 1.165) is 16.7 Å². The molecule has 3 N–H and O–H groups in total. The number of primary amides is 1. The van der Waals surface area contributed by atoms with Crippen LogP contribution in [0.25, 0.3) is 22.3 Å². The van der Waals surface area contributed by atoms with Gasteiger partial charge in [0.15, 0.2) is 5.65 Å². The van der Waals surface area contributed by atoms with Gasteiger partial charge < -0.3 is 11.1 Å². The van der Waals surface area contributed by atoms with E-state index in [4.69, 9.17) is 10.7 Å². The van der Waals surface area contributed by atoms with Crippen molar-refractivity contribution in [2.24, 2.45) is 11.7 Å². The first-order valence-electron chi connectivity index (χ1n) is 11.5. The fraction of sp³-hybridized carbons (Fsp3) is 0.259. The van der Waals surface area contributed by atoms with Crippen molar-refractivity contribution >= 4 is 22.8 Å². The summed E-state index contributed by atoms with van der Waals surface area (Å²) in [5.41, 5.74) is 10.0. The van der Waals surface area contributed by atoms with Crippen LogP contribution in [-0.4, -0.2) is 33.1 Å². The number of hydrogen-bond donors (Lipinski definition) is 2. The zero-order valence-corrected chi connectivity index (χ0v) is 20.0. The highest BCUT2D eigenvalue weighted by atomic mass is 19.1. The Morgan fingerprint density at radius 3 is 2.40 bits per heavy atom. The van der Waals surface area contributed by atoms with E-state index in [1.165, 1.54) is 12.1 Å². The predicted molar refractivity (Wildman–Crippen MR) is 133 cm³/mol. The first-order chi connectivity index (χ1) is 16.7. The Morgan fingerprint density at radius 1 is 1.09 bits per heavy atom. The van der Waals surface area contributed by atoms with Crippen molar-refractivity contribution in [3.63, 3.8) is 0 Å². The summed E-state index contributed by atoms with van der Waals surface area (Å²) >= 11 is 0. The van der Waals surface area contributed by atoms with Gasteiger partial charge in [-0.15, -0.1) is 0 Å². The van der Waals surface area contributed by atoms with Crippen molar-refractivity contribution in [1.29, 1.82) is 0 Å². The maximum atomic E-state index is 13.3. The number of fused-ring (bicyclic) bond motifs is 1. The number of nitrogens with zero attached hydrogens (tertiary/aromatic N) is 3. The van der Waals surface area contributed by atoms with E-state index < -0.39 is 11.8 Å². The van der Waals surface area contributed by atoms with E-state index in [0.29, 0.717) is 28.7 Å². The molecular weight excluding hydrogens is 445 g/mol. The summed E-state index contributed by atoms with van der Waals surface area (Å²) in [5.74, 6) is -1.88. The topological polar surface area (TPSA) is 103 Å². The van der Waals surface area contributed by atoms with Gasteiger partial charge in [0.05, 0.1) is 28.8 Å². The van der Waals surface area contributed by atoms with E-state index in [9.17, 15) is 14.0 Å². The number of aromatic nitrogens is 3.